The lowest BCUT2D eigenvalue weighted by atomic mass is 9.47. The van der Waals surface area contributed by atoms with E-state index in [4.69, 9.17) is 55.2 Å². The molecule has 8 aliphatic heterocycles. The fraction of sp³-hybridized carbons (Fsp3) is 0.695. The third-order valence-electron chi connectivity index (χ3n) is 39.0. The molecule has 20 fully saturated rings. The lowest BCUT2D eigenvalue weighted by molar-refractivity contribution is -0.179. The predicted octanol–water partition coefficient (Wildman–Crippen LogP) is 21.7. The van der Waals surface area contributed by atoms with E-state index in [9.17, 15) is 62.6 Å². The zero-order valence-corrected chi connectivity index (χ0v) is 90.7. The average Bonchev–Trinajstić information content (AvgIpc) is 1.71. The number of carboxylic acids is 1. The number of fused-ring (bicyclic) bond motifs is 8. The Morgan fingerprint density at radius 2 is 0.537 bits per heavy atom. The molecule has 4 aromatic carbocycles. The van der Waals surface area contributed by atoms with E-state index in [1.165, 1.54) is 11.1 Å². The Hall–Kier alpha value is -10.2. The number of primary amides is 1. The largest absolute Gasteiger partial charge is 0.481 e. The molecule has 16 saturated carbocycles. The van der Waals surface area contributed by atoms with Crippen LogP contribution in [-0.4, -0.2) is 217 Å². The lowest BCUT2D eigenvalue weighted by Crippen LogP contribution is -2.59. The summed E-state index contributed by atoms with van der Waals surface area (Å²) in [4.78, 5) is 164. The number of benzene rings is 4. The fourth-order valence-electron chi connectivity index (χ4n) is 33.2. The van der Waals surface area contributed by atoms with Crippen LogP contribution >= 0.6 is 11.6 Å². The minimum absolute atomic E-state index is 0.0379. The first-order valence-corrected chi connectivity index (χ1v) is 56.1. The molecule has 8 heterocycles. The Balaban J connectivity index is 0.000000116. The number of piperidine rings is 4. The zero-order valence-electron chi connectivity index (χ0n) is 90.0. The normalized spacial score (nSPS) is 33.1. The van der Waals surface area contributed by atoms with Crippen molar-refractivity contribution in [3.63, 3.8) is 0 Å². The molecule has 8 atom stereocenters. The number of likely N-dealkylation sites (tertiary alicyclic amines) is 3. The van der Waals surface area contributed by atoms with Crippen molar-refractivity contribution < 1.29 is 101 Å². The van der Waals surface area contributed by atoms with Crippen LogP contribution in [0.2, 0.25) is 0 Å². The van der Waals surface area contributed by atoms with Crippen molar-refractivity contribution in [1.29, 1.82) is 0 Å². The van der Waals surface area contributed by atoms with E-state index in [0.29, 0.717) is 131 Å². The zero-order chi connectivity index (χ0) is 106. The van der Waals surface area contributed by atoms with Gasteiger partial charge in [-0.3, -0.25) is 38.8 Å². The number of hydrogen-bond acceptors (Lipinski definition) is 21. The SMILES string of the molecule is CC(=O)C12CC3CC(C1)C(OC(=O)Cl)C(C3)C2.CC(=O)C12CC3CC(C1)C(OC(=O)N1CCC4(CC1)CN(C(=O)OC(C)(C)C)c1ccccc14)C(C3)C2.CC(C)(C)OC(=O)N1CC2(CCN(C(=O)OC3C4CC5CC3CC(C(=O)O)(C5)C4)CC2)c2ccccc21.CC(C)(C)OC(=O)N1CC2(CCN(C(=O)OC3C4CC5CC3CC(C(N)=O)(C5)C4)CC2)c2ccccc21.CC(C)(C)OC(=O)N1CC2(CCNCC2)c2ccccc21. The summed E-state index contributed by atoms with van der Waals surface area (Å²) in [5.41, 5.74) is 9.75. The first-order chi connectivity index (χ1) is 70.4. The van der Waals surface area contributed by atoms with Gasteiger partial charge < -0.3 is 68.8 Å². The maximum absolute atomic E-state index is 13.3. The van der Waals surface area contributed by atoms with Crippen molar-refractivity contribution in [1.82, 2.24) is 20.0 Å². The molecule has 0 aromatic heterocycles. The van der Waals surface area contributed by atoms with Crippen LogP contribution in [0.5, 0.6) is 0 Å². The number of anilines is 4. The van der Waals surface area contributed by atoms with Crippen LogP contribution in [0.4, 0.5) is 61.1 Å². The number of nitrogens with one attached hydrogen (secondary N) is 1. The molecule has 149 heavy (non-hydrogen) atoms. The molecule has 16 bridgehead atoms. The average molecular weight is 2070 g/mol. The molecule has 30 nitrogen and oxygen atoms in total. The second-order valence-corrected chi connectivity index (χ2v) is 53.6. The quantitative estimate of drug-likeness (QED) is 0.109. The lowest BCUT2D eigenvalue weighted by Gasteiger charge is -2.58. The van der Waals surface area contributed by atoms with Gasteiger partial charge in [-0.05, 0) is 407 Å². The fourth-order valence-corrected chi connectivity index (χ4v) is 33.3. The molecule has 28 rings (SSSR count). The van der Waals surface area contributed by atoms with Gasteiger partial charge >= 0.3 is 54.1 Å². The van der Waals surface area contributed by atoms with E-state index >= 15 is 0 Å². The Morgan fingerprint density at radius 1 is 0.315 bits per heavy atom. The van der Waals surface area contributed by atoms with Crippen molar-refractivity contribution in [2.24, 2.45) is 98.4 Å². The van der Waals surface area contributed by atoms with Gasteiger partial charge in [0.2, 0.25) is 5.91 Å². The molecule has 4 saturated heterocycles. The highest BCUT2D eigenvalue weighted by Crippen LogP contribution is 2.67. The number of rotatable bonds is 8. The molecule has 0 radical (unpaired) electrons. The van der Waals surface area contributed by atoms with Crippen molar-refractivity contribution >= 4 is 106 Å². The van der Waals surface area contributed by atoms with E-state index in [1.807, 2.05) is 169 Å². The van der Waals surface area contributed by atoms with Crippen LogP contribution in [-0.2, 0) is 78.7 Å². The molecular formula is C118H158ClN9O21. The monoisotopic (exact) mass is 2070 g/mol. The van der Waals surface area contributed by atoms with E-state index in [-0.39, 0.29) is 135 Å². The number of aliphatic carboxylic acids is 1. The number of para-hydroxylation sites is 4. The number of nitrogens with zero attached hydrogens (tertiary/aromatic N) is 7. The van der Waals surface area contributed by atoms with E-state index in [0.717, 1.165) is 220 Å². The van der Waals surface area contributed by atoms with Gasteiger partial charge in [0.25, 0.3) is 0 Å². The molecule has 808 valence electrons. The number of ether oxygens (including phenoxy) is 8. The number of carbonyl (C=O) groups excluding carboxylic acids is 11. The van der Waals surface area contributed by atoms with Gasteiger partial charge in [-0.2, -0.15) is 0 Å². The molecule has 24 aliphatic rings. The molecule has 8 amide bonds. The number of carbonyl (C=O) groups is 12. The number of halogens is 1. The Kier molecular flexibility index (Phi) is 28.0. The Labute approximate surface area is 882 Å². The third-order valence-corrected chi connectivity index (χ3v) is 39.1. The minimum atomic E-state index is -0.695. The van der Waals surface area contributed by atoms with Crippen molar-refractivity contribution in [2.75, 3.05) is 98.1 Å². The number of nitrogens with two attached hydrogens (primary N) is 1. The van der Waals surface area contributed by atoms with E-state index in [2.05, 4.69) is 35.6 Å². The maximum atomic E-state index is 13.3. The number of Topliss-reactive ketones (excluding diaryl/α,β-unsaturated/α-hetero) is 2. The second-order valence-electron chi connectivity index (χ2n) is 53.3. The van der Waals surface area contributed by atoms with Crippen molar-refractivity contribution in [3.8, 4) is 0 Å². The molecule has 4 N–H and O–H groups in total. The highest BCUT2D eigenvalue weighted by Gasteiger charge is 2.66. The molecule has 16 aliphatic carbocycles. The first-order valence-electron chi connectivity index (χ1n) is 55.8. The number of ketones is 2. The number of carboxylic acid groups (broad SMARTS) is 1. The summed E-state index contributed by atoms with van der Waals surface area (Å²) in [5.74, 6) is 4.21. The molecule has 4 aromatic rings. The third kappa shape index (κ3) is 20.5. The van der Waals surface area contributed by atoms with Gasteiger partial charge in [-0.15, -0.1) is 0 Å². The maximum Gasteiger partial charge on any atom is 0.414 e. The second kappa shape index (κ2) is 39.4. The van der Waals surface area contributed by atoms with Crippen LogP contribution in [0, 0.1) is 92.7 Å². The van der Waals surface area contributed by atoms with Crippen LogP contribution in [0.15, 0.2) is 97.1 Å². The summed E-state index contributed by atoms with van der Waals surface area (Å²) >= 11 is 5.34. The van der Waals surface area contributed by atoms with Gasteiger partial charge in [-0.1, -0.05) is 72.8 Å². The van der Waals surface area contributed by atoms with Gasteiger partial charge in [0.15, 0.2) is 0 Å². The standard InChI is InChI=1S/C30H40N2O5.C29H39N3O5.C29H38N2O6.C17H24N2O2.C13H17ClO3/c1-19(33)30-15-20-13-21(16-30)25(22(14-20)17-30)36-26(34)31-11-9-29(10-12-31)18-32(27(35)37-28(2,3)4)24-8-6-5-7-23(24)29;1-27(2,3)37-26(35)32-17-28(21-6-4-5-7-22(21)32)8-10-31(11-9-28)25(34)36-23-19-12-18-13-20(23)16-29(14-18,15-19)24(30)33;1-27(2,3)37-26(35)31-17-28(21-6-4-5-7-22(21)31)8-10-30(11-9-28)25(34)36-23-19-12-18-13-20(23)16-29(14-18,15-19)24(32)33;1-16(2,3)21-15(20)19-12-17(8-10-18-11-9-17)13-6-4-5-7-14(13)19;1-7(15)13-4-8-2-9(5-13)11(17-12(14)16)10(3-8)6-13/h5-8,20-22,25H,9-18H2,1-4H3;4-7,18-20,23H,8-17H2,1-3H3,(H2,30,33);4-7,18-20,23H,8-17H2,1-3H3,(H,32,33);4-7,18H,8-12H2,1-3H3;8-11H,2-6H2,1H3. The summed E-state index contributed by atoms with van der Waals surface area (Å²) in [6.45, 7) is 34.1. The first kappa shape index (κ1) is 106. The molecule has 31 heteroatoms. The van der Waals surface area contributed by atoms with Crippen LogP contribution < -0.4 is 30.7 Å². The van der Waals surface area contributed by atoms with Crippen molar-refractivity contribution in [2.45, 2.75) is 345 Å². The van der Waals surface area contributed by atoms with Gasteiger partial charge in [-0.25, -0.2) is 38.4 Å². The van der Waals surface area contributed by atoms with Crippen LogP contribution in [0.25, 0.3) is 0 Å². The summed E-state index contributed by atoms with van der Waals surface area (Å²) in [5, 5.41) is 13.3. The van der Waals surface area contributed by atoms with Crippen LogP contribution in [0.1, 0.15) is 299 Å². The molecule has 8 unspecified atom stereocenters. The summed E-state index contributed by atoms with van der Waals surface area (Å²) < 4.78 is 46.5. The Bertz CT molecular complexity index is 5360. The van der Waals surface area contributed by atoms with Gasteiger partial charge in [0.05, 0.1) is 33.6 Å². The smallest absolute Gasteiger partial charge is 0.414 e. The van der Waals surface area contributed by atoms with Crippen molar-refractivity contribution in [3.05, 3.63) is 119 Å². The Morgan fingerprint density at radius 3 is 0.772 bits per heavy atom. The highest BCUT2D eigenvalue weighted by atomic mass is 35.5. The van der Waals surface area contributed by atoms with E-state index < -0.39 is 39.2 Å². The highest BCUT2D eigenvalue weighted by molar-refractivity contribution is 6.61. The predicted molar refractivity (Wildman–Crippen MR) is 560 cm³/mol. The number of hydrogen-bond donors (Lipinski definition) is 3. The molecular weight excluding hydrogens is 1910 g/mol. The topological polar surface area (TPSA) is 360 Å². The summed E-state index contributed by atoms with van der Waals surface area (Å²) in [6.07, 6.45) is 23.0. The van der Waals surface area contributed by atoms with Gasteiger partial charge in [0.1, 0.15) is 58.4 Å². The number of amides is 8. The van der Waals surface area contributed by atoms with E-state index in [1.54, 1.807) is 28.5 Å². The molecule has 4 spiro atoms. The summed E-state index contributed by atoms with van der Waals surface area (Å²) in [6, 6.07) is 32.5. The summed E-state index contributed by atoms with van der Waals surface area (Å²) in [7, 11) is 0. The van der Waals surface area contributed by atoms with Gasteiger partial charge in [0, 0.05) is 110 Å². The van der Waals surface area contributed by atoms with Crippen LogP contribution in [0.3, 0.4) is 0 Å². The minimum Gasteiger partial charge on any atom is -0.481 e.